The minimum Gasteiger partial charge on any atom is -0.263 e. The van der Waals surface area contributed by atoms with E-state index < -0.39 is 0 Å². The van der Waals surface area contributed by atoms with Gasteiger partial charge >= 0.3 is 0 Å². The first-order chi connectivity index (χ1) is 7.25. The van der Waals surface area contributed by atoms with Gasteiger partial charge in [0.15, 0.2) is 5.82 Å². The van der Waals surface area contributed by atoms with Gasteiger partial charge in [0.2, 0.25) is 0 Å². The number of aromatic nitrogens is 3. The maximum atomic E-state index is 4.27. The van der Waals surface area contributed by atoms with Crippen LogP contribution in [-0.4, -0.2) is 15.2 Å². The normalized spacial score (nSPS) is 10.5. The number of rotatable bonds is 3. The van der Waals surface area contributed by atoms with Gasteiger partial charge in [-0.25, -0.2) is 4.98 Å². The monoisotopic (exact) mass is 265 g/mol. The van der Waals surface area contributed by atoms with Gasteiger partial charge in [-0.2, -0.15) is 5.10 Å². The van der Waals surface area contributed by atoms with E-state index in [0.717, 1.165) is 29.0 Å². The summed E-state index contributed by atoms with van der Waals surface area (Å²) < 4.78 is 1.15. The van der Waals surface area contributed by atoms with E-state index in [-0.39, 0.29) is 0 Å². The number of hydrogen-bond donors (Lipinski definition) is 1. The van der Waals surface area contributed by atoms with Crippen molar-refractivity contribution in [1.82, 2.24) is 15.2 Å². The molecule has 1 heterocycles. The van der Waals surface area contributed by atoms with Gasteiger partial charge in [-0.05, 0) is 25.0 Å². The van der Waals surface area contributed by atoms with Gasteiger partial charge in [0.05, 0.1) is 0 Å². The standard InChI is InChI=1S/C11H12BrN3/c1-8-13-11(15-14-8)7-6-9-4-2-3-5-10(9)12/h2-5H,6-7H2,1H3,(H,13,14,15). The number of nitrogens with one attached hydrogen (secondary N) is 1. The third-order valence-electron chi connectivity index (χ3n) is 2.22. The highest BCUT2D eigenvalue weighted by Gasteiger charge is 2.02. The summed E-state index contributed by atoms with van der Waals surface area (Å²) in [6, 6.07) is 8.23. The lowest BCUT2D eigenvalue weighted by Gasteiger charge is -2.01. The number of halogens is 1. The van der Waals surface area contributed by atoms with Gasteiger partial charge < -0.3 is 0 Å². The molecule has 0 aliphatic carbocycles. The minimum absolute atomic E-state index is 0.868. The second-order valence-corrected chi connectivity index (χ2v) is 4.28. The van der Waals surface area contributed by atoms with Crippen molar-refractivity contribution in [1.29, 1.82) is 0 Å². The predicted molar refractivity (Wildman–Crippen MR) is 62.7 cm³/mol. The zero-order chi connectivity index (χ0) is 10.7. The Kier molecular flexibility index (Phi) is 3.16. The Morgan fingerprint density at radius 2 is 2.07 bits per heavy atom. The van der Waals surface area contributed by atoms with Crippen LogP contribution in [0.5, 0.6) is 0 Å². The van der Waals surface area contributed by atoms with Gasteiger partial charge in [-0.1, -0.05) is 34.1 Å². The number of aromatic amines is 1. The highest BCUT2D eigenvalue weighted by molar-refractivity contribution is 9.10. The molecule has 1 aromatic heterocycles. The second kappa shape index (κ2) is 4.57. The summed E-state index contributed by atoms with van der Waals surface area (Å²) in [6.45, 7) is 1.91. The van der Waals surface area contributed by atoms with Crippen LogP contribution in [0.25, 0.3) is 0 Å². The van der Waals surface area contributed by atoms with Gasteiger partial charge in [0.25, 0.3) is 0 Å². The molecule has 0 amide bonds. The average Bonchev–Trinajstić information content (AvgIpc) is 2.63. The van der Waals surface area contributed by atoms with Crippen molar-refractivity contribution >= 4 is 15.9 Å². The molecule has 2 rings (SSSR count). The Morgan fingerprint density at radius 1 is 1.27 bits per heavy atom. The molecule has 15 heavy (non-hydrogen) atoms. The second-order valence-electron chi connectivity index (χ2n) is 3.43. The molecule has 0 atom stereocenters. The molecule has 78 valence electrons. The third kappa shape index (κ3) is 2.65. The minimum atomic E-state index is 0.868. The van der Waals surface area contributed by atoms with E-state index in [4.69, 9.17) is 0 Å². The zero-order valence-corrected chi connectivity index (χ0v) is 10.1. The first-order valence-corrected chi connectivity index (χ1v) is 5.66. The molecule has 1 N–H and O–H groups in total. The van der Waals surface area contributed by atoms with E-state index in [1.54, 1.807) is 0 Å². The first kappa shape index (κ1) is 10.4. The van der Waals surface area contributed by atoms with Crippen molar-refractivity contribution in [2.45, 2.75) is 19.8 Å². The number of H-pyrrole nitrogens is 1. The zero-order valence-electron chi connectivity index (χ0n) is 8.50. The van der Waals surface area contributed by atoms with Crippen LogP contribution in [0.1, 0.15) is 17.2 Å². The molecule has 0 aliphatic rings. The number of benzene rings is 1. The molecular weight excluding hydrogens is 254 g/mol. The van der Waals surface area contributed by atoms with E-state index in [9.17, 15) is 0 Å². The molecule has 1 aromatic carbocycles. The molecule has 3 nitrogen and oxygen atoms in total. The molecule has 0 saturated heterocycles. The summed E-state index contributed by atoms with van der Waals surface area (Å²) in [5.41, 5.74) is 1.29. The molecule has 0 spiro atoms. The number of nitrogens with zero attached hydrogens (tertiary/aromatic N) is 2. The summed E-state index contributed by atoms with van der Waals surface area (Å²) >= 11 is 3.53. The molecular formula is C11H12BrN3. The lowest BCUT2D eigenvalue weighted by Crippen LogP contribution is -1.94. The smallest absolute Gasteiger partial charge is 0.151 e. The molecule has 4 heteroatoms. The molecule has 2 aromatic rings. The Morgan fingerprint density at radius 3 is 2.73 bits per heavy atom. The molecule has 0 fully saturated rings. The van der Waals surface area contributed by atoms with Crippen LogP contribution in [0, 0.1) is 6.92 Å². The van der Waals surface area contributed by atoms with Crippen LogP contribution >= 0.6 is 15.9 Å². The first-order valence-electron chi connectivity index (χ1n) is 4.87. The Balaban J connectivity index is 2.02. The van der Waals surface area contributed by atoms with E-state index in [1.165, 1.54) is 5.56 Å². The van der Waals surface area contributed by atoms with Gasteiger partial charge in [-0.3, -0.25) is 5.10 Å². The molecule has 0 aliphatic heterocycles. The van der Waals surface area contributed by atoms with Crippen LogP contribution in [0.4, 0.5) is 0 Å². The average molecular weight is 266 g/mol. The van der Waals surface area contributed by atoms with E-state index in [1.807, 2.05) is 19.1 Å². The van der Waals surface area contributed by atoms with Crippen LogP contribution in [0.3, 0.4) is 0 Å². The lowest BCUT2D eigenvalue weighted by atomic mass is 10.1. The fraction of sp³-hybridized carbons (Fsp3) is 0.273. The summed E-state index contributed by atoms with van der Waals surface area (Å²) in [7, 11) is 0. The van der Waals surface area contributed by atoms with E-state index in [2.05, 4.69) is 43.2 Å². The van der Waals surface area contributed by atoms with Gasteiger partial charge in [0.1, 0.15) is 5.82 Å². The Bertz CT molecular complexity index is 451. The van der Waals surface area contributed by atoms with Crippen molar-refractivity contribution in [2.24, 2.45) is 0 Å². The Hall–Kier alpha value is -1.16. The van der Waals surface area contributed by atoms with Crippen molar-refractivity contribution in [3.05, 3.63) is 46.0 Å². The van der Waals surface area contributed by atoms with Crippen LogP contribution in [-0.2, 0) is 12.8 Å². The van der Waals surface area contributed by atoms with Crippen LogP contribution < -0.4 is 0 Å². The van der Waals surface area contributed by atoms with Crippen molar-refractivity contribution in [2.75, 3.05) is 0 Å². The highest BCUT2D eigenvalue weighted by Crippen LogP contribution is 2.17. The van der Waals surface area contributed by atoms with Crippen LogP contribution in [0.2, 0.25) is 0 Å². The fourth-order valence-electron chi connectivity index (χ4n) is 1.45. The lowest BCUT2D eigenvalue weighted by molar-refractivity contribution is 0.862. The third-order valence-corrected chi connectivity index (χ3v) is 2.99. The van der Waals surface area contributed by atoms with Gasteiger partial charge in [0, 0.05) is 10.9 Å². The number of aryl methyl sites for hydroxylation is 3. The van der Waals surface area contributed by atoms with Crippen molar-refractivity contribution in [3.63, 3.8) is 0 Å². The summed E-state index contributed by atoms with van der Waals surface area (Å²) in [5, 5.41) is 6.96. The molecule has 0 saturated carbocycles. The largest absolute Gasteiger partial charge is 0.263 e. The maximum Gasteiger partial charge on any atom is 0.151 e. The summed E-state index contributed by atoms with van der Waals surface area (Å²) in [5.74, 6) is 1.75. The van der Waals surface area contributed by atoms with Crippen LogP contribution in [0.15, 0.2) is 28.7 Å². The van der Waals surface area contributed by atoms with E-state index in [0.29, 0.717) is 0 Å². The van der Waals surface area contributed by atoms with Crippen molar-refractivity contribution in [3.8, 4) is 0 Å². The topological polar surface area (TPSA) is 41.6 Å². The highest BCUT2D eigenvalue weighted by atomic mass is 79.9. The SMILES string of the molecule is Cc1nc(CCc2ccccc2Br)n[nH]1. The molecule has 0 unspecified atom stereocenters. The quantitative estimate of drug-likeness (QED) is 0.927. The fourth-order valence-corrected chi connectivity index (χ4v) is 1.93. The predicted octanol–water partition coefficient (Wildman–Crippen LogP) is 2.66. The maximum absolute atomic E-state index is 4.27. The van der Waals surface area contributed by atoms with E-state index >= 15 is 0 Å². The van der Waals surface area contributed by atoms with Crippen molar-refractivity contribution < 1.29 is 0 Å². The Labute approximate surface area is 97.1 Å². The molecule has 0 bridgehead atoms. The summed E-state index contributed by atoms with van der Waals surface area (Å²) in [4.78, 5) is 4.27. The van der Waals surface area contributed by atoms with Gasteiger partial charge in [-0.15, -0.1) is 0 Å². The summed E-state index contributed by atoms with van der Waals surface area (Å²) in [6.07, 6.45) is 1.83. The number of hydrogen-bond acceptors (Lipinski definition) is 2. The molecule has 0 radical (unpaired) electrons.